The van der Waals surface area contributed by atoms with E-state index in [1.165, 1.54) is 23.1 Å². The Morgan fingerprint density at radius 3 is 2.47 bits per heavy atom. The van der Waals surface area contributed by atoms with Gasteiger partial charge in [0.05, 0.1) is 23.4 Å². The first-order valence-corrected chi connectivity index (χ1v) is 12.5. The molecular formula is C24H25N7O4S. The second-order valence-electron chi connectivity index (χ2n) is 7.78. The average molecular weight is 508 g/mol. The molecule has 0 aliphatic rings. The van der Waals surface area contributed by atoms with Crippen molar-refractivity contribution in [3.05, 3.63) is 77.9 Å². The van der Waals surface area contributed by atoms with Crippen LogP contribution >= 0.6 is 0 Å². The number of carbonyl (C=O) groups excluding carboxylic acids is 1. The van der Waals surface area contributed by atoms with Gasteiger partial charge in [-0.3, -0.25) is 10.1 Å². The molecule has 36 heavy (non-hydrogen) atoms. The summed E-state index contributed by atoms with van der Waals surface area (Å²) in [7, 11) is -2.37. The summed E-state index contributed by atoms with van der Waals surface area (Å²) in [5.41, 5.74) is 9.13. The molecule has 2 aromatic carbocycles. The number of hydrogen-bond donors (Lipinski definition) is 3. The number of hydrogen-bond acceptors (Lipinski definition) is 8. The highest BCUT2D eigenvalue weighted by atomic mass is 32.2. The van der Waals surface area contributed by atoms with Crippen molar-refractivity contribution in [3.8, 4) is 22.6 Å². The van der Waals surface area contributed by atoms with Gasteiger partial charge >= 0.3 is 0 Å². The lowest BCUT2D eigenvalue weighted by molar-refractivity contribution is 0.101. The predicted octanol–water partition coefficient (Wildman–Crippen LogP) is 2.26. The van der Waals surface area contributed by atoms with E-state index in [2.05, 4.69) is 20.4 Å². The van der Waals surface area contributed by atoms with Crippen molar-refractivity contribution in [3.63, 3.8) is 0 Å². The molecular weight excluding hydrogens is 482 g/mol. The number of carbonyl (C=O) groups is 1. The molecule has 0 atom stereocenters. The van der Waals surface area contributed by atoms with Crippen LogP contribution in [0.2, 0.25) is 0 Å². The Labute approximate surface area is 208 Å². The van der Waals surface area contributed by atoms with Gasteiger partial charge in [-0.25, -0.2) is 28.2 Å². The molecule has 0 unspecified atom stereocenters. The number of rotatable bonds is 8. The first-order valence-electron chi connectivity index (χ1n) is 11.0. The lowest BCUT2D eigenvalue weighted by atomic mass is 10.1. The Balaban J connectivity index is 1.64. The Morgan fingerprint density at radius 1 is 1.11 bits per heavy atom. The third-order valence-corrected chi connectivity index (χ3v) is 6.44. The van der Waals surface area contributed by atoms with Crippen molar-refractivity contribution < 1.29 is 17.9 Å². The number of sulfonamides is 1. The number of anilines is 1. The zero-order valence-corrected chi connectivity index (χ0v) is 20.5. The van der Waals surface area contributed by atoms with Crippen LogP contribution in [0.5, 0.6) is 5.75 Å². The van der Waals surface area contributed by atoms with Crippen molar-refractivity contribution >= 4 is 21.9 Å². The smallest absolute Gasteiger partial charge is 0.276 e. The van der Waals surface area contributed by atoms with E-state index in [1.54, 1.807) is 49.6 Å². The van der Waals surface area contributed by atoms with E-state index in [0.29, 0.717) is 29.0 Å². The van der Waals surface area contributed by atoms with Crippen LogP contribution in [0.25, 0.3) is 16.8 Å². The standard InChI is InChI=1S/C24H25N7O4S/c1-3-17-11-21(31(30-17)20-9-8-18(35-2)10-15(20)12-25)23(32)29-24-27-13-16(14-28-24)19-6-4-5-7-22(19)36(26,33)34/h4-11,13-14H,3,12,25H2,1-2H3,(H2,26,33,34)(H,27,28,29,32). The maximum Gasteiger partial charge on any atom is 0.276 e. The number of aromatic nitrogens is 4. The van der Waals surface area contributed by atoms with Crippen LogP contribution in [0, 0.1) is 0 Å². The number of nitrogens with two attached hydrogens (primary N) is 2. The van der Waals surface area contributed by atoms with Gasteiger partial charge in [-0.05, 0) is 42.3 Å². The van der Waals surface area contributed by atoms with E-state index in [9.17, 15) is 13.2 Å². The third kappa shape index (κ3) is 5.10. The largest absolute Gasteiger partial charge is 0.497 e. The molecule has 0 saturated heterocycles. The van der Waals surface area contributed by atoms with Gasteiger partial charge in [0.1, 0.15) is 11.4 Å². The van der Waals surface area contributed by atoms with Gasteiger partial charge in [-0.1, -0.05) is 25.1 Å². The van der Waals surface area contributed by atoms with Gasteiger partial charge < -0.3 is 10.5 Å². The summed E-state index contributed by atoms with van der Waals surface area (Å²) in [5.74, 6) is 0.209. The van der Waals surface area contributed by atoms with E-state index >= 15 is 0 Å². The second kappa shape index (κ2) is 10.2. The first-order chi connectivity index (χ1) is 17.2. The van der Waals surface area contributed by atoms with Crippen LogP contribution in [0.3, 0.4) is 0 Å². The van der Waals surface area contributed by atoms with Gasteiger partial charge in [0.15, 0.2) is 0 Å². The fourth-order valence-electron chi connectivity index (χ4n) is 3.66. The van der Waals surface area contributed by atoms with Gasteiger partial charge in [-0.2, -0.15) is 5.10 Å². The van der Waals surface area contributed by atoms with Gasteiger partial charge in [0.25, 0.3) is 5.91 Å². The summed E-state index contributed by atoms with van der Waals surface area (Å²) in [6, 6.07) is 13.3. The highest BCUT2D eigenvalue weighted by molar-refractivity contribution is 7.89. The molecule has 0 saturated carbocycles. The predicted molar refractivity (Wildman–Crippen MR) is 134 cm³/mol. The minimum Gasteiger partial charge on any atom is -0.497 e. The maximum atomic E-state index is 13.2. The number of nitrogens with one attached hydrogen (secondary N) is 1. The van der Waals surface area contributed by atoms with E-state index in [0.717, 1.165) is 11.3 Å². The van der Waals surface area contributed by atoms with Crippen LogP contribution in [0.4, 0.5) is 5.95 Å². The monoisotopic (exact) mass is 507 g/mol. The van der Waals surface area contributed by atoms with Gasteiger partial charge in [0, 0.05) is 30.1 Å². The van der Waals surface area contributed by atoms with Crippen LogP contribution < -0.4 is 20.9 Å². The summed E-state index contributed by atoms with van der Waals surface area (Å²) in [6.07, 6.45) is 3.45. The van der Waals surface area contributed by atoms with Crippen molar-refractivity contribution in [2.45, 2.75) is 24.8 Å². The van der Waals surface area contributed by atoms with Crippen molar-refractivity contribution in [1.29, 1.82) is 0 Å². The molecule has 4 rings (SSSR count). The fraction of sp³-hybridized carbons (Fsp3) is 0.167. The molecule has 0 radical (unpaired) electrons. The normalized spacial score (nSPS) is 11.3. The molecule has 12 heteroatoms. The van der Waals surface area contributed by atoms with Gasteiger partial charge in [0.2, 0.25) is 16.0 Å². The van der Waals surface area contributed by atoms with Crippen LogP contribution in [0.1, 0.15) is 28.7 Å². The molecule has 186 valence electrons. The summed E-state index contributed by atoms with van der Waals surface area (Å²) in [6.45, 7) is 2.16. The Morgan fingerprint density at radius 2 is 1.83 bits per heavy atom. The average Bonchev–Trinajstić information content (AvgIpc) is 3.33. The number of amides is 1. The van der Waals surface area contributed by atoms with Crippen LogP contribution in [0.15, 0.2) is 65.8 Å². The zero-order chi connectivity index (χ0) is 25.9. The molecule has 2 aromatic heterocycles. The quantitative estimate of drug-likeness (QED) is 0.326. The van der Waals surface area contributed by atoms with Crippen LogP contribution in [-0.4, -0.2) is 41.2 Å². The summed E-state index contributed by atoms with van der Waals surface area (Å²) in [4.78, 5) is 21.5. The number of ether oxygens (including phenoxy) is 1. The molecule has 0 aliphatic heterocycles. The zero-order valence-electron chi connectivity index (χ0n) is 19.7. The number of primary sulfonamides is 1. The van der Waals surface area contributed by atoms with Crippen LogP contribution in [-0.2, 0) is 23.0 Å². The topological polar surface area (TPSA) is 168 Å². The first kappa shape index (κ1) is 25.0. The third-order valence-electron chi connectivity index (χ3n) is 5.47. The number of benzene rings is 2. The molecule has 11 nitrogen and oxygen atoms in total. The van der Waals surface area contributed by atoms with Crippen molar-refractivity contribution in [2.75, 3.05) is 12.4 Å². The van der Waals surface area contributed by atoms with Crippen molar-refractivity contribution in [1.82, 2.24) is 19.7 Å². The SMILES string of the molecule is CCc1cc(C(=O)Nc2ncc(-c3ccccc3S(N)(=O)=O)cn2)n(-c2ccc(OC)cc2CN)n1. The number of nitrogens with zero attached hydrogens (tertiary/aromatic N) is 4. The summed E-state index contributed by atoms with van der Waals surface area (Å²) < 4.78 is 30.6. The highest BCUT2D eigenvalue weighted by Crippen LogP contribution is 2.26. The highest BCUT2D eigenvalue weighted by Gasteiger charge is 2.20. The summed E-state index contributed by atoms with van der Waals surface area (Å²) >= 11 is 0. The Kier molecular flexibility index (Phi) is 7.10. The molecule has 0 bridgehead atoms. The van der Waals surface area contributed by atoms with Gasteiger partial charge in [-0.15, -0.1) is 0 Å². The summed E-state index contributed by atoms with van der Waals surface area (Å²) in [5, 5.41) is 12.5. The molecule has 0 spiro atoms. The van der Waals surface area contributed by atoms with Crippen molar-refractivity contribution in [2.24, 2.45) is 10.9 Å². The molecule has 0 fully saturated rings. The molecule has 5 N–H and O–H groups in total. The Bertz CT molecular complexity index is 1520. The Hall–Kier alpha value is -4.13. The molecule has 4 aromatic rings. The van der Waals surface area contributed by atoms with E-state index in [-0.39, 0.29) is 23.1 Å². The number of aryl methyl sites for hydroxylation is 1. The van der Waals surface area contributed by atoms with E-state index in [4.69, 9.17) is 15.6 Å². The van der Waals surface area contributed by atoms with E-state index < -0.39 is 15.9 Å². The second-order valence-corrected chi connectivity index (χ2v) is 9.31. The minimum atomic E-state index is -3.94. The molecule has 2 heterocycles. The van der Waals surface area contributed by atoms with E-state index in [1.807, 2.05) is 6.92 Å². The molecule has 0 aliphatic carbocycles. The number of methoxy groups -OCH3 is 1. The fourth-order valence-corrected chi connectivity index (χ4v) is 4.42. The minimum absolute atomic E-state index is 0.0383. The maximum absolute atomic E-state index is 13.2. The lowest BCUT2D eigenvalue weighted by Gasteiger charge is -2.13. The molecule has 1 amide bonds. The lowest BCUT2D eigenvalue weighted by Crippen LogP contribution is -2.19.